The largest absolute Gasteiger partial charge is 0.302 e. The van der Waals surface area contributed by atoms with Crippen LogP contribution in [0, 0.1) is 17.8 Å². The number of aromatic nitrogens is 1. The number of anilines is 1. The van der Waals surface area contributed by atoms with E-state index in [1.807, 2.05) is 35.7 Å². The second kappa shape index (κ2) is 5.26. The van der Waals surface area contributed by atoms with Gasteiger partial charge in [-0.15, -0.1) is 11.3 Å². The first-order valence-electron chi connectivity index (χ1n) is 7.61. The number of hydrogen-bond acceptors (Lipinski definition) is 3. The number of nitrogens with zero attached hydrogens (tertiary/aromatic N) is 1. The van der Waals surface area contributed by atoms with Crippen molar-refractivity contribution in [1.82, 2.24) is 4.98 Å². The quantitative estimate of drug-likeness (QED) is 0.923. The van der Waals surface area contributed by atoms with Gasteiger partial charge in [-0.25, -0.2) is 4.98 Å². The minimum Gasteiger partial charge on any atom is -0.302 e. The van der Waals surface area contributed by atoms with Crippen LogP contribution in [-0.4, -0.2) is 10.9 Å². The third-order valence-corrected chi connectivity index (χ3v) is 5.64. The van der Waals surface area contributed by atoms with E-state index in [-0.39, 0.29) is 11.8 Å². The lowest BCUT2D eigenvalue weighted by Crippen LogP contribution is -2.27. The van der Waals surface area contributed by atoms with Crippen LogP contribution >= 0.6 is 11.3 Å². The Kier molecular flexibility index (Phi) is 3.26. The third-order valence-electron chi connectivity index (χ3n) is 4.88. The van der Waals surface area contributed by atoms with Crippen LogP contribution in [0.5, 0.6) is 0 Å². The van der Waals surface area contributed by atoms with E-state index in [0.717, 1.165) is 28.7 Å². The van der Waals surface area contributed by atoms with Gasteiger partial charge in [0.05, 0.1) is 5.69 Å². The first-order chi connectivity index (χ1) is 10.3. The molecule has 1 aromatic carbocycles. The summed E-state index contributed by atoms with van der Waals surface area (Å²) < 4.78 is 0. The second-order valence-electron chi connectivity index (χ2n) is 6.17. The van der Waals surface area contributed by atoms with Crippen molar-refractivity contribution in [2.75, 3.05) is 5.32 Å². The first kappa shape index (κ1) is 13.0. The van der Waals surface area contributed by atoms with E-state index in [4.69, 9.17) is 0 Å². The van der Waals surface area contributed by atoms with Gasteiger partial charge in [-0.3, -0.25) is 4.79 Å². The molecule has 3 nitrogen and oxygen atoms in total. The maximum absolute atomic E-state index is 12.4. The van der Waals surface area contributed by atoms with Crippen LogP contribution in [0.4, 0.5) is 5.13 Å². The number of rotatable bonds is 3. The van der Waals surface area contributed by atoms with Crippen LogP contribution in [0.15, 0.2) is 35.7 Å². The van der Waals surface area contributed by atoms with Crippen LogP contribution in [0.1, 0.15) is 25.7 Å². The average molecular weight is 298 g/mol. The fourth-order valence-corrected chi connectivity index (χ4v) is 4.56. The summed E-state index contributed by atoms with van der Waals surface area (Å²) in [5.74, 6) is 1.80. The number of thiazole rings is 1. The van der Waals surface area contributed by atoms with Crippen molar-refractivity contribution in [2.45, 2.75) is 25.7 Å². The zero-order valence-corrected chi connectivity index (χ0v) is 12.6. The molecule has 21 heavy (non-hydrogen) atoms. The summed E-state index contributed by atoms with van der Waals surface area (Å²) in [4.78, 5) is 16.9. The molecule has 1 N–H and O–H groups in total. The van der Waals surface area contributed by atoms with E-state index in [0.29, 0.717) is 5.92 Å². The van der Waals surface area contributed by atoms with Crippen molar-refractivity contribution in [3.8, 4) is 11.3 Å². The predicted molar refractivity (Wildman–Crippen MR) is 85.1 cm³/mol. The van der Waals surface area contributed by atoms with Gasteiger partial charge in [0, 0.05) is 16.9 Å². The molecule has 2 aromatic rings. The Hall–Kier alpha value is -1.68. The Morgan fingerprint density at radius 2 is 2.05 bits per heavy atom. The van der Waals surface area contributed by atoms with E-state index < -0.39 is 0 Å². The molecule has 2 bridgehead atoms. The summed E-state index contributed by atoms with van der Waals surface area (Å²) in [6, 6.07) is 10.1. The summed E-state index contributed by atoms with van der Waals surface area (Å²) in [6.45, 7) is 0. The fourth-order valence-electron chi connectivity index (χ4n) is 3.84. The fraction of sp³-hybridized carbons (Fsp3) is 0.412. The average Bonchev–Trinajstić information content (AvgIpc) is 3.24. The Labute approximate surface area is 128 Å². The molecule has 2 aliphatic carbocycles. The van der Waals surface area contributed by atoms with Crippen LogP contribution in [-0.2, 0) is 4.79 Å². The van der Waals surface area contributed by atoms with E-state index in [1.54, 1.807) is 0 Å². The molecule has 1 aromatic heterocycles. The molecule has 4 heteroatoms. The number of benzene rings is 1. The lowest BCUT2D eigenvalue weighted by Gasteiger charge is -2.19. The van der Waals surface area contributed by atoms with Crippen LogP contribution in [0.3, 0.4) is 0 Å². The molecule has 0 spiro atoms. The molecular weight excluding hydrogens is 280 g/mol. The van der Waals surface area contributed by atoms with Crippen molar-refractivity contribution in [3.05, 3.63) is 35.7 Å². The normalized spacial score (nSPS) is 27.0. The molecular formula is C17H18N2OS. The number of carbonyl (C=O) groups excluding carboxylic acids is 1. The molecule has 0 unspecified atom stereocenters. The third kappa shape index (κ3) is 2.48. The van der Waals surface area contributed by atoms with Crippen molar-refractivity contribution < 1.29 is 4.79 Å². The summed E-state index contributed by atoms with van der Waals surface area (Å²) in [6.07, 6.45) is 4.89. The lowest BCUT2D eigenvalue weighted by molar-refractivity contribution is -0.121. The summed E-state index contributed by atoms with van der Waals surface area (Å²) in [5, 5.41) is 5.76. The molecule has 4 rings (SSSR count). The summed E-state index contributed by atoms with van der Waals surface area (Å²) in [7, 11) is 0. The Morgan fingerprint density at radius 1 is 1.19 bits per heavy atom. The highest BCUT2D eigenvalue weighted by molar-refractivity contribution is 7.14. The predicted octanol–water partition coefficient (Wildman–Crippen LogP) is 4.18. The Morgan fingerprint density at radius 3 is 2.76 bits per heavy atom. The number of amides is 1. The van der Waals surface area contributed by atoms with Gasteiger partial charge in [-0.2, -0.15) is 0 Å². The topological polar surface area (TPSA) is 42.0 Å². The summed E-state index contributed by atoms with van der Waals surface area (Å²) >= 11 is 1.51. The Balaban J connectivity index is 1.46. The molecule has 3 atom stereocenters. The highest BCUT2D eigenvalue weighted by Crippen LogP contribution is 2.48. The van der Waals surface area contributed by atoms with E-state index >= 15 is 0 Å². The van der Waals surface area contributed by atoms with Crippen LogP contribution in [0.2, 0.25) is 0 Å². The molecule has 0 radical (unpaired) electrons. The zero-order valence-electron chi connectivity index (χ0n) is 11.8. The lowest BCUT2D eigenvalue weighted by atomic mass is 9.88. The minimum absolute atomic E-state index is 0.177. The first-order valence-corrected chi connectivity index (χ1v) is 8.49. The molecule has 108 valence electrons. The summed E-state index contributed by atoms with van der Waals surface area (Å²) in [5.41, 5.74) is 2.03. The van der Waals surface area contributed by atoms with E-state index in [2.05, 4.69) is 10.3 Å². The van der Waals surface area contributed by atoms with Crippen molar-refractivity contribution in [1.29, 1.82) is 0 Å². The number of nitrogens with one attached hydrogen (secondary N) is 1. The SMILES string of the molecule is O=C(Nc1nc(-c2ccccc2)cs1)[C@@H]1C[C@H]2CC[C@@H]1C2. The van der Waals surface area contributed by atoms with E-state index in [1.165, 1.54) is 30.6 Å². The molecule has 0 aliphatic heterocycles. The minimum atomic E-state index is 0.177. The number of carbonyl (C=O) groups is 1. The molecule has 1 heterocycles. The van der Waals surface area contributed by atoms with Gasteiger partial charge in [0.2, 0.25) is 5.91 Å². The van der Waals surface area contributed by atoms with Crippen LogP contribution in [0.25, 0.3) is 11.3 Å². The van der Waals surface area contributed by atoms with Gasteiger partial charge in [-0.1, -0.05) is 36.8 Å². The highest BCUT2D eigenvalue weighted by atomic mass is 32.1. The van der Waals surface area contributed by atoms with Crippen molar-refractivity contribution >= 4 is 22.4 Å². The standard InChI is InChI=1S/C17H18N2OS/c20-16(14-9-11-6-7-13(14)8-11)19-17-18-15(10-21-17)12-4-2-1-3-5-12/h1-5,10-11,13-14H,6-9H2,(H,18,19,20)/t11-,13+,14+/m0/s1. The molecule has 1 amide bonds. The van der Waals surface area contributed by atoms with Gasteiger partial charge >= 0.3 is 0 Å². The monoisotopic (exact) mass is 298 g/mol. The molecule has 0 saturated heterocycles. The number of fused-ring (bicyclic) bond motifs is 2. The molecule has 2 aliphatic rings. The van der Waals surface area contributed by atoms with Gasteiger partial charge in [0.25, 0.3) is 0 Å². The van der Waals surface area contributed by atoms with Crippen molar-refractivity contribution in [2.24, 2.45) is 17.8 Å². The van der Waals surface area contributed by atoms with E-state index in [9.17, 15) is 4.79 Å². The molecule has 2 saturated carbocycles. The zero-order chi connectivity index (χ0) is 14.2. The highest BCUT2D eigenvalue weighted by Gasteiger charge is 2.43. The van der Waals surface area contributed by atoms with Gasteiger partial charge in [0.15, 0.2) is 5.13 Å². The maximum Gasteiger partial charge on any atom is 0.229 e. The molecule has 2 fully saturated rings. The second-order valence-corrected chi connectivity index (χ2v) is 7.03. The number of hydrogen-bond donors (Lipinski definition) is 1. The smallest absolute Gasteiger partial charge is 0.229 e. The van der Waals surface area contributed by atoms with Crippen molar-refractivity contribution in [3.63, 3.8) is 0 Å². The maximum atomic E-state index is 12.4. The van der Waals surface area contributed by atoms with Crippen LogP contribution < -0.4 is 5.32 Å². The van der Waals surface area contributed by atoms with Gasteiger partial charge in [-0.05, 0) is 31.1 Å². The van der Waals surface area contributed by atoms with Gasteiger partial charge in [0.1, 0.15) is 0 Å². The van der Waals surface area contributed by atoms with Gasteiger partial charge < -0.3 is 5.32 Å². The Bertz CT molecular complexity index is 652.